The fourth-order valence-corrected chi connectivity index (χ4v) is 1.81. The zero-order valence-electron chi connectivity index (χ0n) is 10.5. The van der Waals surface area contributed by atoms with Crippen LogP contribution in [0.5, 0.6) is 0 Å². The third-order valence-electron chi connectivity index (χ3n) is 2.71. The standard InChI is InChI=1S/C15H12F3NO/c16-12-3-1-2-11(8-12)15(20)19-5-4-10-6-13(17)9-14(18)7-10/h1-3,6-9H,4-5H2,(H,19,20). The Morgan fingerprint density at radius 2 is 1.65 bits per heavy atom. The van der Waals surface area contributed by atoms with Gasteiger partial charge in [0.15, 0.2) is 0 Å². The van der Waals surface area contributed by atoms with Crippen molar-refractivity contribution in [1.29, 1.82) is 0 Å². The molecule has 0 saturated carbocycles. The fraction of sp³-hybridized carbons (Fsp3) is 0.133. The van der Waals surface area contributed by atoms with Crippen molar-refractivity contribution in [2.24, 2.45) is 0 Å². The first kappa shape index (κ1) is 14.1. The number of nitrogens with one attached hydrogen (secondary N) is 1. The van der Waals surface area contributed by atoms with E-state index in [1.807, 2.05) is 0 Å². The molecule has 0 aliphatic rings. The van der Waals surface area contributed by atoms with Crippen LogP contribution in [0.4, 0.5) is 13.2 Å². The summed E-state index contributed by atoms with van der Waals surface area (Å²) in [5.74, 6) is -2.24. The van der Waals surface area contributed by atoms with Crippen LogP contribution in [0.1, 0.15) is 15.9 Å². The van der Waals surface area contributed by atoms with Gasteiger partial charge in [-0.1, -0.05) is 6.07 Å². The molecule has 1 N–H and O–H groups in total. The molecule has 2 nitrogen and oxygen atoms in total. The Balaban J connectivity index is 1.91. The summed E-state index contributed by atoms with van der Waals surface area (Å²) in [5.41, 5.74) is 0.650. The molecule has 0 heterocycles. The van der Waals surface area contributed by atoms with E-state index in [-0.39, 0.29) is 18.5 Å². The maximum absolute atomic E-state index is 13.0. The van der Waals surface area contributed by atoms with Crippen molar-refractivity contribution in [1.82, 2.24) is 5.32 Å². The van der Waals surface area contributed by atoms with Crippen LogP contribution in [-0.4, -0.2) is 12.5 Å². The highest BCUT2D eigenvalue weighted by molar-refractivity contribution is 5.94. The predicted octanol–water partition coefficient (Wildman–Crippen LogP) is 3.08. The largest absolute Gasteiger partial charge is 0.352 e. The lowest BCUT2D eigenvalue weighted by Gasteiger charge is -2.06. The molecule has 0 unspecified atom stereocenters. The van der Waals surface area contributed by atoms with Crippen LogP contribution in [-0.2, 0) is 6.42 Å². The highest BCUT2D eigenvalue weighted by Crippen LogP contribution is 2.08. The molecule has 0 aliphatic carbocycles. The van der Waals surface area contributed by atoms with Crippen LogP contribution < -0.4 is 5.32 Å². The second-order valence-corrected chi connectivity index (χ2v) is 4.29. The molecule has 0 aliphatic heterocycles. The monoisotopic (exact) mass is 279 g/mol. The van der Waals surface area contributed by atoms with E-state index in [1.54, 1.807) is 0 Å². The highest BCUT2D eigenvalue weighted by atomic mass is 19.1. The van der Waals surface area contributed by atoms with E-state index in [2.05, 4.69) is 5.32 Å². The summed E-state index contributed by atoms with van der Waals surface area (Å²) in [4.78, 5) is 11.7. The minimum absolute atomic E-state index is 0.204. The van der Waals surface area contributed by atoms with Gasteiger partial charge in [0.05, 0.1) is 0 Å². The highest BCUT2D eigenvalue weighted by Gasteiger charge is 2.06. The molecule has 0 atom stereocenters. The second-order valence-electron chi connectivity index (χ2n) is 4.29. The fourth-order valence-electron chi connectivity index (χ4n) is 1.81. The predicted molar refractivity (Wildman–Crippen MR) is 68.8 cm³/mol. The molecule has 104 valence electrons. The number of carbonyl (C=O) groups excluding carboxylic acids is 1. The molecule has 2 aromatic carbocycles. The van der Waals surface area contributed by atoms with Crippen molar-refractivity contribution >= 4 is 5.91 Å². The van der Waals surface area contributed by atoms with Gasteiger partial charge >= 0.3 is 0 Å². The first-order chi connectivity index (χ1) is 9.54. The Bertz CT molecular complexity index is 608. The Morgan fingerprint density at radius 1 is 0.950 bits per heavy atom. The molecule has 2 aromatic rings. The van der Waals surface area contributed by atoms with Gasteiger partial charge in [-0.05, 0) is 42.3 Å². The Labute approximate surface area is 114 Å². The zero-order chi connectivity index (χ0) is 14.5. The van der Waals surface area contributed by atoms with Gasteiger partial charge in [-0.25, -0.2) is 13.2 Å². The summed E-state index contributed by atoms with van der Waals surface area (Å²) < 4.78 is 38.8. The topological polar surface area (TPSA) is 29.1 Å². The van der Waals surface area contributed by atoms with E-state index < -0.39 is 23.4 Å². The van der Waals surface area contributed by atoms with Crippen LogP contribution in [0.3, 0.4) is 0 Å². The molecule has 5 heteroatoms. The van der Waals surface area contributed by atoms with Gasteiger partial charge in [0.2, 0.25) is 0 Å². The summed E-state index contributed by atoms with van der Waals surface area (Å²) in [7, 11) is 0. The van der Waals surface area contributed by atoms with Gasteiger partial charge in [0, 0.05) is 18.2 Å². The molecule has 0 spiro atoms. The Hall–Kier alpha value is -2.30. The summed E-state index contributed by atoms with van der Waals surface area (Å²) in [6.45, 7) is 0.207. The minimum Gasteiger partial charge on any atom is -0.352 e. The number of halogens is 3. The van der Waals surface area contributed by atoms with Crippen LogP contribution in [0, 0.1) is 17.5 Å². The summed E-state index contributed by atoms with van der Waals surface area (Å²) in [5, 5.41) is 2.56. The molecule has 0 saturated heterocycles. The van der Waals surface area contributed by atoms with Gasteiger partial charge in [-0.3, -0.25) is 4.79 Å². The zero-order valence-corrected chi connectivity index (χ0v) is 10.5. The van der Waals surface area contributed by atoms with E-state index in [0.29, 0.717) is 5.56 Å². The summed E-state index contributed by atoms with van der Waals surface area (Å²) in [6, 6.07) is 8.49. The normalized spacial score (nSPS) is 10.3. The molecule has 0 aromatic heterocycles. The van der Waals surface area contributed by atoms with Crippen LogP contribution in [0.2, 0.25) is 0 Å². The molecule has 1 amide bonds. The molecule has 20 heavy (non-hydrogen) atoms. The lowest BCUT2D eigenvalue weighted by Crippen LogP contribution is -2.25. The summed E-state index contributed by atoms with van der Waals surface area (Å²) in [6.07, 6.45) is 0.287. The molecule has 0 fully saturated rings. The number of carbonyl (C=O) groups is 1. The molecular weight excluding hydrogens is 267 g/mol. The van der Waals surface area contributed by atoms with Crippen molar-refractivity contribution in [2.45, 2.75) is 6.42 Å². The lowest BCUT2D eigenvalue weighted by atomic mass is 10.1. The second kappa shape index (κ2) is 6.23. The molecular formula is C15H12F3NO. The number of rotatable bonds is 4. The average molecular weight is 279 g/mol. The van der Waals surface area contributed by atoms with Gasteiger partial charge in [-0.2, -0.15) is 0 Å². The summed E-state index contributed by atoms with van der Waals surface area (Å²) >= 11 is 0. The molecule has 2 rings (SSSR count). The van der Waals surface area contributed by atoms with Gasteiger partial charge < -0.3 is 5.32 Å². The van der Waals surface area contributed by atoms with Crippen LogP contribution >= 0.6 is 0 Å². The number of amides is 1. The van der Waals surface area contributed by atoms with E-state index in [9.17, 15) is 18.0 Å². The quantitative estimate of drug-likeness (QED) is 0.915. The van der Waals surface area contributed by atoms with Gasteiger partial charge in [-0.15, -0.1) is 0 Å². The Morgan fingerprint density at radius 3 is 2.30 bits per heavy atom. The average Bonchev–Trinajstić information content (AvgIpc) is 2.37. The SMILES string of the molecule is O=C(NCCc1cc(F)cc(F)c1)c1cccc(F)c1. The van der Waals surface area contributed by atoms with Gasteiger partial charge in [0.25, 0.3) is 5.91 Å². The molecule has 0 radical (unpaired) electrons. The van der Waals surface area contributed by atoms with E-state index >= 15 is 0 Å². The Kier molecular flexibility index (Phi) is 4.40. The number of hydrogen-bond donors (Lipinski definition) is 1. The maximum Gasteiger partial charge on any atom is 0.251 e. The van der Waals surface area contributed by atoms with Crippen molar-refractivity contribution in [2.75, 3.05) is 6.54 Å². The first-order valence-electron chi connectivity index (χ1n) is 6.03. The molecule has 0 bridgehead atoms. The maximum atomic E-state index is 13.0. The third kappa shape index (κ3) is 3.85. The first-order valence-corrected chi connectivity index (χ1v) is 6.03. The van der Waals surface area contributed by atoms with E-state index in [4.69, 9.17) is 0 Å². The van der Waals surface area contributed by atoms with Crippen molar-refractivity contribution in [3.63, 3.8) is 0 Å². The van der Waals surface area contributed by atoms with Gasteiger partial charge in [0.1, 0.15) is 17.5 Å². The number of benzene rings is 2. The third-order valence-corrected chi connectivity index (χ3v) is 2.71. The van der Waals surface area contributed by atoms with Crippen LogP contribution in [0.25, 0.3) is 0 Å². The van der Waals surface area contributed by atoms with E-state index in [1.165, 1.54) is 30.3 Å². The van der Waals surface area contributed by atoms with Crippen molar-refractivity contribution in [3.05, 3.63) is 71.0 Å². The van der Waals surface area contributed by atoms with Crippen molar-refractivity contribution < 1.29 is 18.0 Å². The number of hydrogen-bond acceptors (Lipinski definition) is 1. The van der Waals surface area contributed by atoms with E-state index in [0.717, 1.165) is 12.1 Å². The lowest BCUT2D eigenvalue weighted by molar-refractivity contribution is 0.0953. The minimum atomic E-state index is -0.656. The smallest absolute Gasteiger partial charge is 0.251 e. The van der Waals surface area contributed by atoms with Crippen molar-refractivity contribution in [3.8, 4) is 0 Å². The van der Waals surface area contributed by atoms with Crippen LogP contribution in [0.15, 0.2) is 42.5 Å².